The van der Waals surface area contributed by atoms with Gasteiger partial charge < -0.3 is 20.3 Å². The summed E-state index contributed by atoms with van der Waals surface area (Å²) in [6.07, 6.45) is 3.09. The second-order valence-corrected chi connectivity index (χ2v) is 5.25. The van der Waals surface area contributed by atoms with E-state index in [0.29, 0.717) is 26.1 Å². The molecule has 18 heavy (non-hydrogen) atoms. The van der Waals surface area contributed by atoms with E-state index in [1.165, 1.54) is 0 Å². The molecule has 2 aliphatic rings. The van der Waals surface area contributed by atoms with E-state index in [4.69, 9.17) is 15.2 Å². The van der Waals surface area contributed by atoms with Crippen LogP contribution in [0.5, 0.6) is 11.5 Å². The number of benzene rings is 1. The Morgan fingerprint density at radius 1 is 1.22 bits per heavy atom. The number of aliphatic hydroxyl groups is 1. The smallest absolute Gasteiger partial charge is 0.161 e. The lowest BCUT2D eigenvalue weighted by molar-refractivity contribution is 0.0428. The number of nitrogens with two attached hydrogens (primary N) is 1. The van der Waals surface area contributed by atoms with Crippen LogP contribution in [0.15, 0.2) is 18.2 Å². The third-order valence-electron chi connectivity index (χ3n) is 3.81. The zero-order chi connectivity index (χ0) is 12.6. The molecule has 1 saturated carbocycles. The van der Waals surface area contributed by atoms with Crippen LogP contribution >= 0.6 is 0 Å². The predicted molar refractivity (Wildman–Crippen MR) is 67.8 cm³/mol. The molecule has 98 valence electrons. The van der Waals surface area contributed by atoms with Crippen LogP contribution < -0.4 is 15.2 Å². The van der Waals surface area contributed by atoms with Crippen LogP contribution in [0.25, 0.3) is 0 Å². The Morgan fingerprint density at radius 3 is 2.72 bits per heavy atom. The highest BCUT2D eigenvalue weighted by Crippen LogP contribution is 2.41. The zero-order valence-electron chi connectivity index (χ0n) is 10.4. The maximum Gasteiger partial charge on any atom is 0.161 e. The SMILES string of the molecule is NC1CCC(O)(c2ccc3c(c2)OCCCO3)C1. The van der Waals surface area contributed by atoms with Gasteiger partial charge in [0.05, 0.1) is 18.8 Å². The molecule has 3 rings (SSSR count). The lowest BCUT2D eigenvalue weighted by atomic mass is 9.91. The highest BCUT2D eigenvalue weighted by Gasteiger charge is 2.37. The Morgan fingerprint density at radius 2 is 2.00 bits per heavy atom. The summed E-state index contributed by atoms with van der Waals surface area (Å²) in [5.74, 6) is 1.50. The average Bonchev–Trinajstić information content (AvgIpc) is 2.60. The van der Waals surface area contributed by atoms with E-state index < -0.39 is 5.60 Å². The van der Waals surface area contributed by atoms with Gasteiger partial charge in [-0.2, -0.15) is 0 Å². The minimum absolute atomic E-state index is 0.0889. The highest BCUT2D eigenvalue weighted by molar-refractivity contribution is 5.45. The number of hydrogen-bond acceptors (Lipinski definition) is 4. The van der Waals surface area contributed by atoms with Crippen molar-refractivity contribution in [2.45, 2.75) is 37.3 Å². The van der Waals surface area contributed by atoms with Crippen molar-refractivity contribution < 1.29 is 14.6 Å². The van der Waals surface area contributed by atoms with Crippen LogP contribution in [0, 0.1) is 0 Å². The molecule has 1 heterocycles. The van der Waals surface area contributed by atoms with Gasteiger partial charge in [0, 0.05) is 12.5 Å². The van der Waals surface area contributed by atoms with Crippen molar-refractivity contribution in [1.82, 2.24) is 0 Å². The fourth-order valence-electron chi connectivity index (χ4n) is 2.78. The number of rotatable bonds is 1. The maximum atomic E-state index is 10.6. The highest BCUT2D eigenvalue weighted by atomic mass is 16.5. The summed E-state index contributed by atoms with van der Waals surface area (Å²) in [6, 6.07) is 5.80. The van der Waals surface area contributed by atoms with Crippen molar-refractivity contribution in [3.63, 3.8) is 0 Å². The van der Waals surface area contributed by atoms with E-state index in [1.54, 1.807) is 0 Å². The quantitative estimate of drug-likeness (QED) is 0.792. The summed E-state index contributed by atoms with van der Waals surface area (Å²) in [4.78, 5) is 0. The van der Waals surface area contributed by atoms with Crippen molar-refractivity contribution >= 4 is 0 Å². The minimum atomic E-state index is -0.801. The van der Waals surface area contributed by atoms with Gasteiger partial charge in [0.1, 0.15) is 0 Å². The van der Waals surface area contributed by atoms with Gasteiger partial charge in [-0.15, -0.1) is 0 Å². The fraction of sp³-hybridized carbons (Fsp3) is 0.571. The molecule has 3 N–H and O–H groups in total. The Hall–Kier alpha value is -1.26. The zero-order valence-corrected chi connectivity index (χ0v) is 10.4. The standard InChI is InChI=1S/C14H19NO3/c15-11-4-5-14(16,9-11)10-2-3-12-13(8-10)18-7-1-6-17-12/h2-3,8,11,16H,1,4-7,9,15H2. The number of hydrogen-bond donors (Lipinski definition) is 2. The molecule has 1 aliphatic heterocycles. The monoisotopic (exact) mass is 249 g/mol. The molecule has 1 aromatic rings. The maximum absolute atomic E-state index is 10.6. The largest absolute Gasteiger partial charge is 0.490 e. The lowest BCUT2D eigenvalue weighted by Gasteiger charge is -2.24. The molecule has 1 fully saturated rings. The summed E-state index contributed by atoms with van der Waals surface area (Å²) >= 11 is 0. The third kappa shape index (κ3) is 2.06. The fourth-order valence-corrected chi connectivity index (χ4v) is 2.78. The molecule has 0 amide bonds. The van der Waals surface area contributed by atoms with Crippen LogP contribution in [0.3, 0.4) is 0 Å². The molecule has 0 spiro atoms. The van der Waals surface area contributed by atoms with Crippen LogP contribution in [-0.2, 0) is 5.60 Å². The summed E-state index contributed by atoms with van der Waals surface area (Å²) in [5.41, 5.74) is 5.98. The van der Waals surface area contributed by atoms with Crippen molar-refractivity contribution in [2.24, 2.45) is 5.73 Å². The molecular weight excluding hydrogens is 230 g/mol. The van der Waals surface area contributed by atoms with Gasteiger partial charge in [-0.05, 0) is 37.0 Å². The lowest BCUT2D eigenvalue weighted by Crippen LogP contribution is -2.25. The Bertz CT molecular complexity index is 449. The van der Waals surface area contributed by atoms with E-state index in [0.717, 1.165) is 29.9 Å². The first-order chi connectivity index (χ1) is 8.67. The third-order valence-corrected chi connectivity index (χ3v) is 3.81. The predicted octanol–water partition coefficient (Wildman–Crippen LogP) is 1.55. The second kappa shape index (κ2) is 4.44. The molecule has 0 aromatic heterocycles. The molecule has 1 aromatic carbocycles. The first-order valence-electron chi connectivity index (χ1n) is 6.55. The molecule has 2 atom stereocenters. The van der Waals surface area contributed by atoms with Gasteiger partial charge >= 0.3 is 0 Å². The topological polar surface area (TPSA) is 64.7 Å². The Kier molecular flexibility index (Phi) is 2.92. The molecule has 4 nitrogen and oxygen atoms in total. The van der Waals surface area contributed by atoms with Crippen molar-refractivity contribution in [2.75, 3.05) is 13.2 Å². The molecule has 0 radical (unpaired) electrons. The van der Waals surface area contributed by atoms with Crippen molar-refractivity contribution in [3.05, 3.63) is 23.8 Å². The first kappa shape index (κ1) is 11.8. The molecule has 0 saturated heterocycles. The number of ether oxygens (including phenoxy) is 2. The van der Waals surface area contributed by atoms with Gasteiger partial charge in [0.2, 0.25) is 0 Å². The molecule has 1 aliphatic carbocycles. The van der Waals surface area contributed by atoms with E-state index in [9.17, 15) is 5.11 Å². The minimum Gasteiger partial charge on any atom is -0.490 e. The van der Waals surface area contributed by atoms with E-state index in [2.05, 4.69) is 0 Å². The van der Waals surface area contributed by atoms with E-state index >= 15 is 0 Å². The van der Waals surface area contributed by atoms with Crippen LogP contribution in [0.2, 0.25) is 0 Å². The number of fused-ring (bicyclic) bond motifs is 1. The van der Waals surface area contributed by atoms with Crippen LogP contribution in [-0.4, -0.2) is 24.4 Å². The summed E-state index contributed by atoms with van der Waals surface area (Å²) in [6.45, 7) is 1.34. The Balaban J connectivity index is 1.92. The van der Waals surface area contributed by atoms with E-state index in [1.807, 2.05) is 18.2 Å². The molecule has 4 heteroatoms. The average molecular weight is 249 g/mol. The summed E-state index contributed by atoms with van der Waals surface area (Å²) < 4.78 is 11.2. The molecular formula is C14H19NO3. The second-order valence-electron chi connectivity index (χ2n) is 5.25. The molecule has 2 unspecified atom stereocenters. The first-order valence-corrected chi connectivity index (χ1v) is 6.55. The summed E-state index contributed by atoms with van der Waals surface area (Å²) in [7, 11) is 0. The van der Waals surface area contributed by atoms with Gasteiger partial charge in [0.25, 0.3) is 0 Å². The van der Waals surface area contributed by atoms with Crippen LogP contribution in [0.4, 0.5) is 0 Å². The summed E-state index contributed by atoms with van der Waals surface area (Å²) in [5, 5.41) is 10.6. The van der Waals surface area contributed by atoms with Gasteiger partial charge in [-0.3, -0.25) is 0 Å². The van der Waals surface area contributed by atoms with Crippen molar-refractivity contribution in [3.8, 4) is 11.5 Å². The van der Waals surface area contributed by atoms with Crippen molar-refractivity contribution in [1.29, 1.82) is 0 Å². The molecule has 0 bridgehead atoms. The Labute approximate surface area is 107 Å². The van der Waals surface area contributed by atoms with Gasteiger partial charge in [0.15, 0.2) is 11.5 Å². The van der Waals surface area contributed by atoms with Gasteiger partial charge in [-0.1, -0.05) is 6.07 Å². The van der Waals surface area contributed by atoms with Gasteiger partial charge in [-0.25, -0.2) is 0 Å². The van der Waals surface area contributed by atoms with Crippen LogP contribution in [0.1, 0.15) is 31.2 Å². The van der Waals surface area contributed by atoms with E-state index in [-0.39, 0.29) is 6.04 Å². The normalized spacial score (nSPS) is 31.1.